The highest BCUT2D eigenvalue weighted by atomic mass is 31.2. The summed E-state index contributed by atoms with van der Waals surface area (Å²) in [5.74, 6) is 0. The Labute approximate surface area is 97.8 Å². The first-order valence-electron chi connectivity index (χ1n) is 5.04. The minimum Gasteiger partial charge on any atom is -0.444 e. The van der Waals surface area contributed by atoms with Gasteiger partial charge in [0.05, 0.1) is 5.30 Å². The van der Waals surface area contributed by atoms with Crippen LogP contribution in [-0.4, -0.2) is 22.8 Å². The number of fused-ring (bicyclic) bond motifs is 1. The molecule has 0 saturated carbocycles. The first-order valence-corrected chi connectivity index (χ1v) is 6.65. The number of hydrogen-bond acceptors (Lipinski definition) is 4. The van der Waals surface area contributed by atoms with E-state index in [0.29, 0.717) is 18.6 Å². The van der Waals surface area contributed by atoms with Crippen LogP contribution in [0.4, 0.5) is 0 Å². The van der Waals surface area contributed by atoms with Gasteiger partial charge in [0.15, 0.2) is 6.23 Å². The lowest BCUT2D eigenvalue weighted by Gasteiger charge is -2.25. The summed E-state index contributed by atoms with van der Waals surface area (Å²) in [6.45, 7) is 0.970. The standard InChI is InChI=1S/C10H12NO5P/c12-6-16-10-9-5-8(17(13,14)15)2-1-7(9)3-4-11-10/h1-2,5-6,10-11H,3-4H2,(H2,13,14,15). The second-order valence-electron chi connectivity index (χ2n) is 3.74. The van der Waals surface area contributed by atoms with Gasteiger partial charge in [0, 0.05) is 12.1 Å². The molecule has 0 bridgehead atoms. The fraction of sp³-hybridized carbons (Fsp3) is 0.300. The zero-order valence-electron chi connectivity index (χ0n) is 8.87. The summed E-state index contributed by atoms with van der Waals surface area (Å²) in [5.41, 5.74) is 1.52. The average Bonchev–Trinajstić information content (AvgIpc) is 2.28. The van der Waals surface area contributed by atoms with Gasteiger partial charge in [-0.1, -0.05) is 6.07 Å². The molecule has 0 fully saturated rings. The lowest BCUT2D eigenvalue weighted by Crippen LogP contribution is -2.32. The van der Waals surface area contributed by atoms with Crippen LogP contribution in [0, 0.1) is 0 Å². The molecule has 0 spiro atoms. The molecule has 1 atom stereocenters. The molecule has 0 saturated heterocycles. The van der Waals surface area contributed by atoms with Crippen LogP contribution in [0.5, 0.6) is 0 Å². The summed E-state index contributed by atoms with van der Waals surface area (Å²) in [6.07, 6.45) is 0.0953. The van der Waals surface area contributed by atoms with Crippen molar-refractivity contribution in [1.82, 2.24) is 5.32 Å². The quantitative estimate of drug-likeness (QED) is 0.513. The number of hydrogen-bond donors (Lipinski definition) is 3. The van der Waals surface area contributed by atoms with Gasteiger partial charge in [0.25, 0.3) is 6.47 Å². The Morgan fingerprint density at radius 2 is 2.24 bits per heavy atom. The zero-order valence-corrected chi connectivity index (χ0v) is 9.76. The zero-order chi connectivity index (χ0) is 12.5. The fourth-order valence-electron chi connectivity index (χ4n) is 1.86. The Balaban J connectivity index is 2.44. The number of carbonyl (C=O) groups excluding carboxylic acids is 1. The van der Waals surface area contributed by atoms with Gasteiger partial charge in [0.2, 0.25) is 0 Å². The van der Waals surface area contributed by atoms with Gasteiger partial charge < -0.3 is 14.5 Å². The number of carbonyl (C=O) groups is 1. The van der Waals surface area contributed by atoms with E-state index in [1.165, 1.54) is 12.1 Å². The number of benzene rings is 1. The average molecular weight is 257 g/mol. The van der Waals surface area contributed by atoms with Crippen LogP contribution in [0.15, 0.2) is 18.2 Å². The highest BCUT2D eigenvalue weighted by molar-refractivity contribution is 7.60. The van der Waals surface area contributed by atoms with E-state index >= 15 is 0 Å². The van der Waals surface area contributed by atoms with Crippen LogP contribution in [0.25, 0.3) is 0 Å². The molecule has 6 nitrogen and oxygen atoms in total. The van der Waals surface area contributed by atoms with Gasteiger partial charge >= 0.3 is 7.60 Å². The van der Waals surface area contributed by atoms with Crippen molar-refractivity contribution in [2.24, 2.45) is 0 Å². The Kier molecular flexibility index (Phi) is 3.31. The monoisotopic (exact) mass is 257 g/mol. The van der Waals surface area contributed by atoms with E-state index < -0.39 is 13.8 Å². The predicted molar refractivity (Wildman–Crippen MR) is 59.7 cm³/mol. The molecular weight excluding hydrogens is 245 g/mol. The number of nitrogens with one attached hydrogen (secondary N) is 1. The minimum absolute atomic E-state index is 0.0700. The molecule has 2 rings (SSSR count). The third kappa shape index (κ3) is 2.56. The smallest absolute Gasteiger partial charge is 0.356 e. The first kappa shape index (κ1) is 12.3. The van der Waals surface area contributed by atoms with Crippen LogP contribution in [0.3, 0.4) is 0 Å². The predicted octanol–water partition coefficient (Wildman–Crippen LogP) is -0.193. The van der Waals surface area contributed by atoms with Gasteiger partial charge in [-0.3, -0.25) is 14.7 Å². The molecule has 92 valence electrons. The maximum Gasteiger partial charge on any atom is 0.356 e. The van der Waals surface area contributed by atoms with E-state index in [9.17, 15) is 9.36 Å². The molecule has 0 aliphatic carbocycles. The minimum atomic E-state index is -4.28. The van der Waals surface area contributed by atoms with Crippen LogP contribution in [0.2, 0.25) is 0 Å². The van der Waals surface area contributed by atoms with Crippen molar-refractivity contribution in [3.8, 4) is 0 Å². The van der Waals surface area contributed by atoms with Crippen LogP contribution < -0.4 is 10.6 Å². The van der Waals surface area contributed by atoms with Crippen molar-refractivity contribution in [2.75, 3.05) is 6.54 Å². The van der Waals surface area contributed by atoms with Crippen molar-refractivity contribution < 1.29 is 23.9 Å². The molecule has 0 aromatic heterocycles. The molecule has 17 heavy (non-hydrogen) atoms. The summed E-state index contributed by atoms with van der Waals surface area (Å²) >= 11 is 0. The molecular formula is C10H12NO5P. The largest absolute Gasteiger partial charge is 0.444 e. The lowest BCUT2D eigenvalue weighted by atomic mass is 10.00. The Morgan fingerprint density at radius 3 is 2.88 bits per heavy atom. The lowest BCUT2D eigenvalue weighted by molar-refractivity contribution is -0.135. The van der Waals surface area contributed by atoms with Crippen molar-refractivity contribution in [3.05, 3.63) is 29.3 Å². The molecule has 0 radical (unpaired) electrons. The summed E-state index contributed by atoms with van der Waals surface area (Å²) in [5, 5.41) is 2.88. The molecule has 0 amide bonds. The van der Waals surface area contributed by atoms with Gasteiger partial charge in [0.1, 0.15) is 0 Å². The highest BCUT2D eigenvalue weighted by Gasteiger charge is 2.25. The normalized spacial score (nSPS) is 19.5. The maximum atomic E-state index is 11.1. The maximum absolute atomic E-state index is 11.1. The third-order valence-corrected chi connectivity index (χ3v) is 3.61. The summed E-state index contributed by atoms with van der Waals surface area (Å²) in [4.78, 5) is 28.5. The molecule has 1 unspecified atom stereocenters. The van der Waals surface area contributed by atoms with Crippen molar-refractivity contribution in [2.45, 2.75) is 12.6 Å². The van der Waals surface area contributed by atoms with Gasteiger partial charge in [-0.2, -0.15) is 0 Å². The van der Waals surface area contributed by atoms with Crippen LogP contribution in [0.1, 0.15) is 17.4 Å². The topological polar surface area (TPSA) is 95.9 Å². The molecule has 7 heteroatoms. The van der Waals surface area contributed by atoms with Gasteiger partial charge in [-0.05, 0) is 24.1 Å². The van der Waals surface area contributed by atoms with E-state index in [4.69, 9.17) is 14.5 Å². The summed E-state index contributed by atoms with van der Waals surface area (Å²) in [7, 11) is -4.28. The van der Waals surface area contributed by atoms with E-state index in [1.54, 1.807) is 6.07 Å². The van der Waals surface area contributed by atoms with E-state index in [-0.39, 0.29) is 5.30 Å². The van der Waals surface area contributed by atoms with Crippen LogP contribution >= 0.6 is 7.60 Å². The van der Waals surface area contributed by atoms with Gasteiger partial charge in [-0.25, -0.2) is 0 Å². The molecule has 1 heterocycles. The molecule has 1 aromatic rings. The second kappa shape index (κ2) is 4.58. The number of rotatable bonds is 3. The van der Waals surface area contributed by atoms with E-state index in [0.717, 1.165) is 12.0 Å². The second-order valence-corrected chi connectivity index (χ2v) is 5.35. The Morgan fingerprint density at radius 1 is 1.47 bits per heavy atom. The Bertz CT molecular complexity index is 484. The molecule has 1 aliphatic heterocycles. The molecule has 1 aliphatic rings. The third-order valence-electron chi connectivity index (χ3n) is 2.66. The molecule has 1 aromatic carbocycles. The van der Waals surface area contributed by atoms with E-state index in [2.05, 4.69) is 5.32 Å². The van der Waals surface area contributed by atoms with Crippen molar-refractivity contribution in [3.63, 3.8) is 0 Å². The Hall–Kier alpha value is -1.20. The SMILES string of the molecule is O=COC1NCCc2ccc(P(=O)(O)O)cc21. The van der Waals surface area contributed by atoms with Crippen molar-refractivity contribution >= 4 is 19.4 Å². The van der Waals surface area contributed by atoms with E-state index in [1.807, 2.05) is 0 Å². The number of ether oxygens (including phenoxy) is 1. The summed E-state index contributed by atoms with van der Waals surface area (Å²) in [6, 6.07) is 4.45. The first-order chi connectivity index (χ1) is 8.02. The van der Waals surface area contributed by atoms with Crippen LogP contribution in [-0.2, 0) is 20.5 Å². The highest BCUT2D eigenvalue weighted by Crippen LogP contribution is 2.35. The fourth-order valence-corrected chi connectivity index (χ4v) is 2.44. The van der Waals surface area contributed by atoms with Gasteiger partial charge in [-0.15, -0.1) is 0 Å². The molecule has 3 N–H and O–H groups in total. The van der Waals surface area contributed by atoms with Crippen molar-refractivity contribution in [1.29, 1.82) is 0 Å². The summed E-state index contributed by atoms with van der Waals surface area (Å²) < 4.78 is 16.0.